The quantitative estimate of drug-likeness (QED) is 0.411. The first-order chi connectivity index (χ1) is 6.26. The molecule has 74 valence electrons. The van der Waals surface area contributed by atoms with Gasteiger partial charge in [-0.1, -0.05) is 37.3 Å². The Hall–Kier alpha value is -1.15. The van der Waals surface area contributed by atoms with Gasteiger partial charge in [-0.25, -0.2) is 0 Å². The molecule has 0 aliphatic carbocycles. The first kappa shape index (κ1) is 14.4. The lowest BCUT2D eigenvalue weighted by Crippen LogP contribution is -1.84. The number of aldehydes is 1. The van der Waals surface area contributed by atoms with Crippen molar-refractivity contribution < 1.29 is 9.90 Å². The average Bonchev–Trinajstić information content (AvgIpc) is 2.21. The lowest BCUT2D eigenvalue weighted by molar-refractivity contribution is -0.104. The Labute approximate surface area is 80.3 Å². The fourth-order valence-electron chi connectivity index (χ4n) is 0.658. The summed E-state index contributed by atoms with van der Waals surface area (Å²) in [5.41, 5.74) is 1.87. The monoisotopic (exact) mass is 182 g/mol. The summed E-state index contributed by atoms with van der Waals surface area (Å²) >= 11 is 0. The van der Waals surface area contributed by atoms with Crippen molar-refractivity contribution in [1.82, 2.24) is 0 Å². The van der Waals surface area contributed by atoms with Crippen molar-refractivity contribution in [3.05, 3.63) is 36.0 Å². The molecule has 0 saturated carbocycles. The van der Waals surface area contributed by atoms with Gasteiger partial charge in [0.1, 0.15) is 6.29 Å². The number of hydrogen-bond donors (Lipinski definition) is 1. The highest BCUT2D eigenvalue weighted by atomic mass is 16.2. The van der Waals surface area contributed by atoms with Gasteiger partial charge in [0.15, 0.2) is 0 Å². The van der Waals surface area contributed by atoms with Crippen molar-refractivity contribution in [2.24, 2.45) is 0 Å². The number of carbonyl (C=O) groups is 1. The summed E-state index contributed by atoms with van der Waals surface area (Å²) in [5.74, 6) is 0. The molecule has 0 radical (unpaired) electrons. The van der Waals surface area contributed by atoms with Crippen molar-refractivity contribution >= 4 is 6.29 Å². The first-order valence-corrected chi connectivity index (χ1v) is 4.15. The van der Waals surface area contributed by atoms with E-state index in [1.807, 2.05) is 13.8 Å². The van der Waals surface area contributed by atoms with E-state index in [1.54, 1.807) is 18.2 Å². The van der Waals surface area contributed by atoms with Gasteiger partial charge in [0.2, 0.25) is 0 Å². The molecular weight excluding hydrogens is 164 g/mol. The third-order valence-corrected chi connectivity index (χ3v) is 1.56. The molecule has 0 fully saturated rings. The Morgan fingerprint density at radius 2 is 2.00 bits per heavy atom. The van der Waals surface area contributed by atoms with Crippen LogP contribution in [0.2, 0.25) is 0 Å². The van der Waals surface area contributed by atoms with E-state index in [-0.39, 0.29) is 0 Å². The molecule has 0 unspecified atom stereocenters. The third kappa shape index (κ3) is 7.22. The van der Waals surface area contributed by atoms with Gasteiger partial charge in [0.05, 0.1) is 0 Å². The molecule has 2 heteroatoms. The minimum absolute atomic E-state index is 0.757. The van der Waals surface area contributed by atoms with E-state index < -0.39 is 0 Å². The van der Waals surface area contributed by atoms with Gasteiger partial charge in [-0.15, -0.1) is 0 Å². The topological polar surface area (TPSA) is 37.3 Å². The maximum atomic E-state index is 10.5. The van der Waals surface area contributed by atoms with Crippen LogP contribution in [0, 0.1) is 0 Å². The summed E-state index contributed by atoms with van der Waals surface area (Å²) in [5, 5.41) is 7.00. The van der Waals surface area contributed by atoms with Gasteiger partial charge in [-0.3, -0.25) is 4.79 Å². The number of rotatable bonds is 4. The van der Waals surface area contributed by atoms with Crippen LogP contribution in [0.5, 0.6) is 0 Å². The molecule has 0 saturated heterocycles. The number of hydrogen-bond acceptors (Lipinski definition) is 2. The summed E-state index contributed by atoms with van der Waals surface area (Å²) in [6.07, 6.45) is 6.99. The maximum absolute atomic E-state index is 10.5. The zero-order valence-electron chi connectivity index (χ0n) is 8.58. The lowest BCUT2D eigenvalue weighted by Gasteiger charge is -1.96. The second-order valence-electron chi connectivity index (χ2n) is 2.30. The largest absolute Gasteiger partial charge is 0.400 e. The van der Waals surface area contributed by atoms with Crippen LogP contribution in [0.25, 0.3) is 0 Å². The van der Waals surface area contributed by atoms with Gasteiger partial charge >= 0.3 is 0 Å². The zero-order valence-corrected chi connectivity index (χ0v) is 8.58. The van der Waals surface area contributed by atoms with Gasteiger partial charge in [0, 0.05) is 12.7 Å². The number of carbonyl (C=O) groups excluding carboxylic acids is 1. The minimum Gasteiger partial charge on any atom is -0.400 e. The van der Waals surface area contributed by atoms with Crippen LogP contribution >= 0.6 is 0 Å². The summed E-state index contributed by atoms with van der Waals surface area (Å²) < 4.78 is 0. The molecule has 0 atom stereocenters. The zero-order chi connectivity index (χ0) is 10.7. The molecular formula is C11H18O2. The molecule has 0 bridgehead atoms. The summed E-state index contributed by atoms with van der Waals surface area (Å²) in [6, 6.07) is 0. The van der Waals surface area contributed by atoms with E-state index in [9.17, 15) is 4.79 Å². The Kier molecular flexibility index (Phi) is 12.0. The average molecular weight is 182 g/mol. The van der Waals surface area contributed by atoms with Gasteiger partial charge in [-0.05, 0) is 13.3 Å². The second kappa shape index (κ2) is 10.8. The highest BCUT2D eigenvalue weighted by Crippen LogP contribution is 2.06. The standard InChI is InChI=1S/C10H14O.CH4O/c1-4-6-7-10(8-11)9(3)5-2;1-2/h4,6-8H,1,5H2,2-3H3;2H,1H3/b7-6-,10-9-;. The van der Waals surface area contributed by atoms with Gasteiger partial charge in [-0.2, -0.15) is 0 Å². The van der Waals surface area contributed by atoms with Crippen LogP contribution in [0.15, 0.2) is 36.0 Å². The Bertz CT molecular complexity index is 200. The van der Waals surface area contributed by atoms with Crippen LogP contribution < -0.4 is 0 Å². The van der Waals surface area contributed by atoms with E-state index in [1.165, 1.54) is 0 Å². The molecule has 0 aromatic rings. The molecule has 0 amide bonds. The normalized spacial score (nSPS) is 11.4. The molecule has 0 spiro atoms. The van der Waals surface area contributed by atoms with E-state index in [0.29, 0.717) is 0 Å². The van der Waals surface area contributed by atoms with Gasteiger partial charge < -0.3 is 5.11 Å². The smallest absolute Gasteiger partial charge is 0.149 e. The minimum atomic E-state index is 0.757. The van der Waals surface area contributed by atoms with E-state index >= 15 is 0 Å². The second-order valence-corrected chi connectivity index (χ2v) is 2.30. The van der Waals surface area contributed by atoms with E-state index in [0.717, 1.165) is 31.0 Å². The fourth-order valence-corrected chi connectivity index (χ4v) is 0.658. The van der Waals surface area contributed by atoms with Gasteiger partial charge in [0.25, 0.3) is 0 Å². The molecule has 0 aliphatic heterocycles. The van der Waals surface area contributed by atoms with Crippen LogP contribution in [0.4, 0.5) is 0 Å². The number of aliphatic hydroxyl groups excluding tert-OH is 1. The van der Waals surface area contributed by atoms with Crippen LogP contribution in [-0.2, 0) is 4.79 Å². The highest BCUT2D eigenvalue weighted by molar-refractivity contribution is 5.78. The van der Waals surface area contributed by atoms with Crippen LogP contribution in [0.1, 0.15) is 20.3 Å². The number of allylic oxidation sites excluding steroid dienone is 5. The Morgan fingerprint density at radius 3 is 2.31 bits per heavy atom. The molecule has 0 rings (SSSR count). The number of aliphatic hydroxyl groups is 1. The predicted octanol–water partition coefficient (Wildman–Crippen LogP) is 2.26. The molecule has 1 N–H and O–H groups in total. The lowest BCUT2D eigenvalue weighted by atomic mass is 10.1. The molecule has 0 heterocycles. The summed E-state index contributed by atoms with van der Waals surface area (Å²) in [4.78, 5) is 10.5. The van der Waals surface area contributed by atoms with Crippen molar-refractivity contribution in [2.45, 2.75) is 20.3 Å². The predicted molar refractivity (Wildman–Crippen MR) is 56.5 cm³/mol. The van der Waals surface area contributed by atoms with Crippen molar-refractivity contribution in [3.8, 4) is 0 Å². The van der Waals surface area contributed by atoms with Crippen LogP contribution in [0.3, 0.4) is 0 Å². The maximum Gasteiger partial charge on any atom is 0.149 e. The first-order valence-electron chi connectivity index (χ1n) is 4.15. The summed E-state index contributed by atoms with van der Waals surface area (Å²) in [6.45, 7) is 7.51. The fraction of sp³-hybridized carbons (Fsp3) is 0.364. The van der Waals surface area contributed by atoms with Crippen molar-refractivity contribution in [3.63, 3.8) is 0 Å². The third-order valence-electron chi connectivity index (χ3n) is 1.56. The van der Waals surface area contributed by atoms with E-state index in [2.05, 4.69) is 6.58 Å². The highest BCUT2D eigenvalue weighted by Gasteiger charge is 1.92. The molecule has 0 aromatic heterocycles. The van der Waals surface area contributed by atoms with Crippen molar-refractivity contribution in [2.75, 3.05) is 7.11 Å². The Morgan fingerprint density at radius 1 is 1.46 bits per heavy atom. The van der Waals surface area contributed by atoms with E-state index in [4.69, 9.17) is 5.11 Å². The molecule has 2 nitrogen and oxygen atoms in total. The van der Waals surface area contributed by atoms with Crippen LogP contribution in [-0.4, -0.2) is 18.5 Å². The Balaban J connectivity index is 0. The van der Waals surface area contributed by atoms with Crippen molar-refractivity contribution in [1.29, 1.82) is 0 Å². The molecule has 0 aromatic carbocycles. The SMILES string of the molecule is C=C/C=C\C(C=O)=C(/C)CC.CO. The molecule has 0 aliphatic rings. The summed E-state index contributed by atoms with van der Waals surface area (Å²) in [7, 11) is 1.00. The molecule has 13 heavy (non-hydrogen) atoms.